The quantitative estimate of drug-likeness (QED) is 0.382. The highest BCUT2D eigenvalue weighted by atomic mass is 35.5. The van der Waals surface area contributed by atoms with Gasteiger partial charge < -0.3 is 9.47 Å². The topological polar surface area (TPSA) is 52.6 Å². The Morgan fingerprint density at radius 1 is 1.08 bits per heavy atom. The van der Waals surface area contributed by atoms with E-state index in [0.717, 1.165) is 16.3 Å². The van der Waals surface area contributed by atoms with E-state index in [9.17, 15) is 9.59 Å². The zero-order chi connectivity index (χ0) is 17.8. The van der Waals surface area contributed by atoms with E-state index in [1.807, 2.05) is 31.2 Å². The SMILES string of the molecule is Cc1cc(Cl)ccc1OCC(=O)Oc1ccc2ccccc2c1C=O. The molecular formula is C20H15ClO4. The fourth-order valence-corrected chi connectivity index (χ4v) is 2.78. The molecule has 3 aromatic carbocycles. The molecular weight excluding hydrogens is 340 g/mol. The molecule has 0 saturated carbocycles. The summed E-state index contributed by atoms with van der Waals surface area (Å²) >= 11 is 5.89. The van der Waals surface area contributed by atoms with Crippen LogP contribution >= 0.6 is 11.6 Å². The van der Waals surface area contributed by atoms with E-state index in [-0.39, 0.29) is 12.4 Å². The summed E-state index contributed by atoms with van der Waals surface area (Å²) in [5.41, 5.74) is 1.16. The van der Waals surface area contributed by atoms with Crippen molar-refractivity contribution in [1.29, 1.82) is 0 Å². The van der Waals surface area contributed by atoms with Gasteiger partial charge in [-0.3, -0.25) is 4.79 Å². The Morgan fingerprint density at radius 2 is 1.84 bits per heavy atom. The maximum atomic E-state index is 12.1. The molecule has 0 radical (unpaired) electrons. The van der Waals surface area contributed by atoms with Crippen molar-refractivity contribution in [1.82, 2.24) is 0 Å². The molecule has 0 amide bonds. The third-order valence-corrected chi connectivity index (χ3v) is 3.99. The van der Waals surface area contributed by atoms with Crippen LogP contribution in [0.3, 0.4) is 0 Å². The Labute approximate surface area is 149 Å². The molecule has 0 fully saturated rings. The van der Waals surface area contributed by atoms with Crippen LogP contribution in [-0.4, -0.2) is 18.9 Å². The molecule has 0 N–H and O–H groups in total. The summed E-state index contributed by atoms with van der Waals surface area (Å²) in [6.45, 7) is 1.56. The summed E-state index contributed by atoms with van der Waals surface area (Å²) in [6, 6.07) is 15.9. The van der Waals surface area contributed by atoms with E-state index in [1.54, 1.807) is 30.3 Å². The molecule has 126 valence electrons. The number of aryl methyl sites for hydroxylation is 1. The number of carbonyl (C=O) groups is 2. The van der Waals surface area contributed by atoms with E-state index >= 15 is 0 Å². The third kappa shape index (κ3) is 3.80. The van der Waals surface area contributed by atoms with Crippen LogP contribution in [0.25, 0.3) is 10.8 Å². The largest absolute Gasteiger partial charge is 0.482 e. The Kier molecular flexibility index (Phi) is 5.00. The van der Waals surface area contributed by atoms with Crippen molar-refractivity contribution in [3.63, 3.8) is 0 Å². The molecule has 0 saturated heterocycles. The summed E-state index contributed by atoms with van der Waals surface area (Å²) in [4.78, 5) is 23.5. The molecule has 0 aromatic heterocycles. The van der Waals surface area contributed by atoms with Gasteiger partial charge >= 0.3 is 5.97 Å². The molecule has 5 heteroatoms. The van der Waals surface area contributed by atoms with Gasteiger partial charge in [-0.15, -0.1) is 0 Å². The predicted octanol–water partition coefficient (Wildman–Crippen LogP) is 4.60. The molecule has 0 aliphatic carbocycles. The van der Waals surface area contributed by atoms with Gasteiger partial charge in [-0.1, -0.05) is 41.9 Å². The fraction of sp³-hybridized carbons (Fsp3) is 0.100. The Morgan fingerprint density at radius 3 is 2.60 bits per heavy atom. The highest BCUT2D eigenvalue weighted by molar-refractivity contribution is 6.30. The van der Waals surface area contributed by atoms with E-state index in [4.69, 9.17) is 21.1 Å². The highest BCUT2D eigenvalue weighted by Gasteiger charge is 2.13. The molecule has 3 rings (SSSR count). The van der Waals surface area contributed by atoms with Crippen LogP contribution in [0, 0.1) is 6.92 Å². The van der Waals surface area contributed by atoms with Crippen LogP contribution in [0.1, 0.15) is 15.9 Å². The van der Waals surface area contributed by atoms with Crippen LogP contribution in [0.4, 0.5) is 0 Å². The van der Waals surface area contributed by atoms with E-state index < -0.39 is 5.97 Å². The summed E-state index contributed by atoms with van der Waals surface area (Å²) in [5.74, 6) is 0.179. The second-order valence-corrected chi connectivity index (χ2v) is 5.93. The predicted molar refractivity (Wildman–Crippen MR) is 96.7 cm³/mol. The molecule has 0 aliphatic rings. The second-order valence-electron chi connectivity index (χ2n) is 5.49. The Hall–Kier alpha value is -2.85. The lowest BCUT2D eigenvalue weighted by atomic mass is 10.0. The minimum atomic E-state index is -0.590. The number of ether oxygens (including phenoxy) is 2. The zero-order valence-corrected chi connectivity index (χ0v) is 14.2. The number of hydrogen-bond donors (Lipinski definition) is 0. The first-order valence-electron chi connectivity index (χ1n) is 7.65. The Bertz CT molecular complexity index is 950. The second kappa shape index (κ2) is 7.36. The van der Waals surface area contributed by atoms with Gasteiger partial charge in [0.05, 0.1) is 5.56 Å². The van der Waals surface area contributed by atoms with Crippen LogP contribution in [0.15, 0.2) is 54.6 Å². The molecule has 25 heavy (non-hydrogen) atoms. The van der Waals surface area contributed by atoms with Gasteiger partial charge in [0.25, 0.3) is 0 Å². The smallest absolute Gasteiger partial charge is 0.349 e. The molecule has 0 aliphatic heterocycles. The molecule has 0 atom stereocenters. The molecule has 4 nitrogen and oxygen atoms in total. The number of hydrogen-bond acceptors (Lipinski definition) is 4. The van der Waals surface area contributed by atoms with Gasteiger partial charge in [0.2, 0.25) is 0 Å². The standard InChI is InChI=1S/C20H15ClO4/c1-13-10-15(21)7-9-18(13)24-12-20(23)25-19-8-6-14-4-2-3-5-16(14)17(19)11-22/h2-11H,12H2,1H3. The van der Waals surface area contributed by atoms with Crippen molar-refractivity contribution < 1.29 is 19.1 Å². The van der Waals surface area contributed by atoms with Gasteiger partial charge in [-0.2, -0.15) is 0 Å². The van der Waals surface area contributed by atoms with E-state index in [1.165, 1.54) is 0 Å². The zero-order valence-electron chi connectivity index (χ0n) is 13.5. The number of aldehydes is 1. The van der Waals surface area contributed by atoms with Crippen LogP contribution in [-0.2, 0) is 4.79 Å². The summed E-state index contributed by atoms with van der Waals surface area (Å²) in [6.07, 6.45) is 0.690. The van der Waals surface area contributed by atoms with Gasteiger partial charge in [0.1, 0.15) is 11.5 Å². The van der Waals surface area contributed by atoms with Gasteiger partial charge in [0, 0.05) is 5.02 Å². The summed E-state index contributed by atoms with van der Waals surface area (Å²) in [7, 11) is 0. The van der Waals surface area contributed by atoms with Gasteiger partial charge in [-0.25, -0.2) is 4.79 Å². The lowest BCUT2D eigenvalue weighted by Gasteiger charge is -2.11. The number of fused-ring (bicyclic) bond motifs is 1. The monoisotopic (exact) mass is 354 g/mol. The lowest BCUT2D eigenvalue weighted by molar-refractivity contribution is -0.136. The number of rotatable bonds is 5. The fourth-order valence-electron chi connectivity index (χ4n) is 2.55. The van der Waals surface area contributed by atoms with E-state index in [2.05, 4.69) is 0 Å². The molecule has 3 aromatic rings. The first-order chi connectivity index (χ1) is 12.1. The van der Waals surface area contributed by atoms with Crippen molar-refractivity contribution in [2.75, 3.05) is 6.61 Å². The summed E-state index contributed by atoms with van der Waals surface area (Å²) in [5, 5.41) is 2.23. The van der Waals surface area contributed by atoms with Crippen molar-refractivity contribution in [2.45, 2.75) is 6.92 Å². The number of benzene rings is 3. The van der Waals surface area contributed by atoms with Gasteiger partial charge in [0.15, 0.2) is 12.9 Å². The maximum Gasteiger partial charge on any atom is 0.349 e. The molecule has 0 bridgehead atoms. The normalized spacial score (nSPS) is 10.5. The first kappa shape index (κ1) is 17.0. The third-order valence-electron chi connectivity index (χ3n) is 3.75. The van der Waals surface area contributed by atoms with Crippen LogP contribution in [0.5, 0.6) is 11.5 Å². The van der Waals surface area contributed by atoms with Crippen LogP contribution < -0.4 is 9.47 Å². The number of carbonyl (C=O) groups excluding carboxylic acids is 2. The van der Waals surface area contributed by atoms with Gasteiger partial charge in [-0.05, 0) is 47.5 Å². The van der Waals surface area contributed by atoms with Crippen molar-refractivity contribution >= 4 is 34.6 Å². The average molecular weight is 355 g/mol. The minimum absolute atomic E-state index is 0.218. The maximum absolute atomic E-state index is 12.1. The van der Waals surface area contributed by atoms with Crippen LogP contribution in [0.2, 0.25) is 5.02 Å². The summed E-state index contributed by atoms with van der Waals surface area (Å²) < 4.78 is 10.8. The number of halogens is 1. The first-order valence-corrected chi connectivity index (χ1v) is 8.03. The Balaban J connectivity index is 1.74. The minimum Gasteiger partial charge on any atom is -0.482 e. The molecule has 0 heterocycles. The van der Waals surface area contributed by atoms with Crippen molar-refractivity contribution in [2.24, 2.45) is 0 Å². The average Bonchev–Trinajstić information content (AvgIpc) is 2.61. The lowest BCUT2D eigenvalue weighted by Crippen LogP contribution is -2.18. The highest BCUT2D eigenvalue weighted by Crippen LogP contribution is 2.27. The number of esters is 1. The molecule has 0 spiro atoms. The molecule has 0 unspecified atom stereocenters. The van der Waals surface area contributed by atoms with Crippen molar-refractivity contribution in [3.05, 3.63) is 70.7 Å². The van der Waals surface area contributed by atoms with Crippen molar-refractivity contribution in [3.8, 4) is 11.5 Å². The van der Waals surface area contributed by atoms with E-state index in [0.29, 0.717) is 22.6 Å².